The van der Waals surface area contributed by atoms with Gasteiger partial charge in [-0.15, -0.1) is 0 Å². The van der Waals surface area contributed by atoms with Crippen LogP contribution in [0.3, 0.4) is 0 Å². The molecule has 0 fully saturated rings. The highest BCUT2D eigenvalue weighted by Gasteiger charge is 2.15. The number of thiocarbonyl (C=S) groups is 1. The second kappa shape index (κ2) is 4.80. The van der Waals surface area contributed by atoms with Crippen molar-refractivity contribution in [3.8, 4) is 5.75 Å². The fourth-order valence-corrected chi connectivity index (χ4v) is 1.92. The third-order valence-electron chi connectivity index (χ3n) is 1.81. The molecule has 0 spiro atoms. The molecule has 0 atom stereocenters. The number of rotatable bonds is 2. The Morgan fingerprint density at radius 3 is 2.38 bits per heavy atom. The van der Waals surface area contributed by atoms with Gasteiger partial charge in [0, 0.05) is 20.4 Å². The summed E-state index contributed by atoms with van der Waals surface area (Å²) in [6.07, 6.45) is 1.13. The average Bonchev–Trinajstić information content (AvgIpc) is 2.16. The first-order valence-electron chi connectivity index (χ1n) is 4.50. The average molecular weight is 259 g/mol. The van der Waals surface area contributed by atoms with Crippen molar-refractivity contribution in [2.24, 2.45) is 0 Å². The van der Waals surface area contributed by atoms with E-state index in [0.29, 0.717) is 0 Å². The highest BCUT2D eigenvalue weighted by Crippen LogP contribution is 2.23. The zero-order valence-corrected chi connectivity index (χ0v) is 10.9. The molecule has 16 heavy (non-hydrogen) atoms. The molecule has 1 aromatic carbocycles. The SMILES string of the molecule is CN(C)C(=S)Oc1ccccc1S(C)(=O)=O. The van der Waals surface area contributed by atoms with Crippen molar-refractivity contribution in [3.63, 3.8) is 0 Å². The van der Waals surface area contributed by atoms with Gasteiger partial charge < -0.3 is 9.64 Å². The second-order valence-corrected chi connectivity index (χ2v) is 5.81. The van der Waals surface area contributed by atoms with Crippen LogP contribution in [0.5, 0.6) is 5.75 Å². The molecule has 0 N–H and O–H groups in total. The zero-order chi connectivity index (χ0) is 12.3. The number of sulfone groups is 1. The van der Waals surface area contributed by atoms with E-state index in [4.69, 9.17) is 17.0 Å². The zero-order valence-electron chi connectivity index (χ0n) is 9.30. The highest BCUT2D eigenvalue weighted by atomic mass is 32.2. The number of benzene rings is 1. The lowest BCUT2D eigenvalue weighted by atomic mass is 10.3. The van der Waals surface area contributed by atoms with Crippen molar-refractivity contribution in [2.75, 3.05) is 20.4 Å². The van der Waals surface area contributed by atoms with Crippen molar-refractivity contribution in [3.05, 3.63) is 24.3 Å². The van der Waals surface area contributed by atoms with Gasteiger partial charge in [-0.05, 0) is 24.4 Å². The van der Waals surface area contributed by atoms with E-state index in [1.54, 1.807) is 37.2 Å². The molecule has 1 aromatic rings. The van der Waals surface area contributed by atoms with Gasteiger partial charge in [0.25, 0.3) is 5.17 Å². The minimum Gasteiger partial charge on any atom is -0.430 e. The predicted octanol–water partition coefficient (Wildman–Crippen LogP) is 1.32. The summed E-state index contributed by atoms with van der Waals surface area (Å²) >= 11 is 4.95. The molecule has 0 bridgehead atoms. The van der Waals surface area contributed by atoms with E-state index < -0.39 is 9.84 Å². The van der Waals surface area contributed by atoms with Gasteiger partial charge in [-0.1, -0.05) is 12.1 Å². The van der Waals surface area contributed by atoms with Crippen LogP contribution in [0.25, 0.3) is 0 Å². The lowest BCUT2D eigenvalue weighted by Crippen LogP contribution is -2.25. The number of para-hydroxylation sites is 1. The third kappa shape index (κ3) is 3.18. The molecule has 4 nitrogen and oxygen atoms in total. The van der Waals surface area contributed by atoms with E-state index in [0.717, 1.165) is 6.26 Å². The summed E-state index contributed by atoms with van der Waals surface area (Å²) in [5, 5.41) is 0.219. The summed E-state index contributed by atoms with van der Waals surface area (Å²) in [7, 11) is 0.147. The first kappa shape index (κ1) is 12.9. The van der Waals surface area contributed by atoms with Crippen LogP contribution in [-0.4, -0.2) is 38.8 Å². The van der Waals surface area contributed by atoms with Crippen molar-refractivity contribution < 1.29 is 13.2 Å². The molecule has 6 heteroatoms. The topological polar surface area (TPSA) is 46.6 Å². The number of hydrogen-bond donors (Lipinski definition) is 0. The maximum absolute atomic E-state index is 11.5. The van der Waals surface area contributed by atoms with Crippen molar-refractivity contribution in [1.82, 2.24) is 4.90 Å². The molecule has 0 aliphatic heterocycles. The lowest BCUT2D eigenvalue weighted by molar-refractivity contribution is 0.441. The van der Waals surface area contributed by atoms with Gasteiger partial charge >= 0.3 is 0 Å². The first-order chi connectivity index (χ1) is 7.32. The molecule has 0 aliphatic carbocycles. The monoisotopic (exact) mass is 259 g/mol. The van der Waals surface area contributed by atoms with Crippen molar-refractivity contribution in [1.29, 1.82) is 0 Å². The van der Waals surface area contributed by atoms with Gasteiger partial charge in [-0.3, -0.25) is 0 Å². The summed E-state index contributed by atoms with van der Waals surface area (Å²) in [6, 6.07) is 6.40. The Morgan fingerprint density at radius 1 is 1.31 bits per heavy atom. The van der Waals surface area contributed by atoms with Crippen LogP contribution >= 0.6 is 12.2 Å². The van der Waals surface area contributed by atoms with Crippen LogP contribution in [0.2, 0.25) is 0 Å². The molecule has 0 saturated heterocycles. The molecular formula is C10H13NO3S2. The van der Waals surface area contributed by atoms with Crippen LogP contribution < -0.4 is 4.74 Å². The number of ether oxygens (including phenoxy) is 1. The van der Waals surface area contributed by atoms with E-state index in [2.05, 4.69) is 0 Å². The van der Waals surface area contributed by atoms with Crippen LogP contribution in [0.15, 0.2) is 29.2 Å². The number of hydrogen-bond acceptors (Lipinski definition) is 4. The van der Waals surface area contributed by atoms with Crippen LogP contribution in [0, 0.1) is 0 Å². The van der Waals surface area contributed by atoms with Crippen LogP contribution in [0.1, 0.15) is 0 Å². The smallest absolute Gasteiger partial charge is 0.264 e. The van der Waals surface area contributed by atoms with Crippen LogP contribution in [-0.2, 0) is 9.84 Å². The molecule has 0 saturated carbocycles. The molecule has 0 aliphatic rings. The van der Waals surface area contributed by atoms with Gasteiger partial charge in [-0.2, -0.15) is 0 Å². The summed E-state index contributed by atoms with van der Waals surface area (Å²) in [6.45, 7) is 0. The van der Waals surface area contributed by atoms with E-state index in [9.17, 15) is 8.42 Å². The van der Waals surface area contributed by atoms with E-state index >= 15 is 0 Å². The second-order valence-electron chi connectivity index (χ2n) is 3.48. The van der Waals surface area contributed by atoms with Crippen molar-refractivity contribution in [2.45, 2.75) is 4.90 Å². The van der Waals surface area contributed by atoms with E-state index in [1.807, 2.05) is 0 Å². The van der Waals surface area contributed by atoms with Crippen molar-refractivity contribution >= 4 is 27.2 Å². The maximum atomic E-state index is 11.5. The molecule has 1 rings (SSSR count). The first-order valence-corrected chi connectivity index (χ1v) is 6.80. The summed E-state index contributed by atoms with van der Waals surface area (Å²) < 4.78 is 28.2. The third-order valence-corrected chi connectivity index (χ3v) is 3.40. The predicted molar refractivity (Wildman–Crippen MR) is 66.5 cm³/mol. The molecule has 0 unspecified atom stereocenters. The van der Waals surface area contributed by atoms with Gasteiger partial charge in [0.15, 0.2) is 9.84 Å². The Hall–Kier alpha value is -1.14. The Balaban J connectivity index is 3.11. The minimum absolute atomic E-state index is 0.138. The maximum Gasteiger partial charge on any atom is 0.264 e. The molecule has 0 aromatic heterocycles. The summed E-state index contributed by atoms with van der Waals surface area (Å²) in [5.74, 6) is 0.253. The standard InChI is InChI=1S/C10H13NO3S2/c1-11(2)10(15)14-8-6-4-5-7-9(8)16(3,12)13/h4-7H,1-3H3. The largest absolute Gasteiger partial charge is 0.430 e. The molecule has 0 heterocycles. The minimum atomic E-state index is -3.31. The summed E-state index contributed by atoms with van der Waals surface area (Å²) in [4.78, 5) is 1.73. The van der Waals surface area contributed by atoms with Gasteiger partial charge in [0.05, 0.1) is 0 Å². The molecule has 0 amide bonds. The lowest BCUT2D eigenvalue weighted by Gasteiger charge is -2.15. The van der Waals surface area contributed by atoms with Gasteiger partial charge in [0.2, 0.25) is 0 Å². The fourth-order valence-electron chi connectivity index (χ4n) is 1.03. The summed E-state index contributed by atoms with van der Waals surface area (Å²) in [5.41, 5.74) is 0. The number of nitrogens with zero attached hydrogens (tertiary/aromatic N) is 1. The van der Waals surface area contributed by atoms with E-state index in [-0.39, 0.29) is 15.8 Å². The molecule has 88 valence electrons. The molecular weight excluding hydrogens is 246 g/mol. The molecule has 0 radical (unpaired) electrons. The van der Waals surface area contributed by atoms with E-state index in [1.165, 1.54) is 6.07 Å². The van der Waals surface area contributed by atoms with Gasteiger partial charge in [0.1, 0.15) is 10.6 Å². The Kier molecular flexibility index (Phi) is 3.88. The van der Waals surface area contributed by atoms with Crippen LogP contribution in [0.4, 0.5) is 0 Å². The Bertz CT molecular complexity index is 495. The Labute approximate surface area is 101 Å². The fraction of sp³-hybridized carbons (Fsp3) is 0.300. The Morgan fingerprint density at radius 2 is 1.88 bits per heavy atom. The van der Waals surface area contributed by atoms with Gasteiger partial charge in [-0.25, -0.2) is 8.42 Å². The quantitative estimate of drug-likeness (QED) is 0.750. The highest BCUT2D eigenvalue weighted by molar-refractivity contribution is 7.90. The normalized spacial score (nSPS) is 10.9.